The van der Waals surface area contributed by atoms with Gasteiger partial charge in [0.25, 0.3) is 0 Å². The number of rotatable bonds is 1. The number of allylic oxidation sites excluding steroid dienone is 2. The maximum Gasteiger partial charge on any atom is 0.320 e. The van der Waals surface area contributed by atoms with Gasteiger partial charge in [0, 0.05) is 0 Å². The van der Waals surface area contributed by atoms with E-state index in [1.807, 2.05) is 0 Å². The molecule has 5 heteroatoms. The molecule has 0 saturated carbocycles. The van der Waals surface area contributed by atoms with Crippen LogP contribution < -0.4 is 0 Å². The molecule has 0 aromatic carbocycles. The zero-order valence-electron chi connectivity index (χ0n) is 5.90. The largest absolute Gasteiger partial charge is 0.480 e. The summed E-state index contributed by atoms with van der Waals surface area (Å²) in [6.07, 6.45) is 1.79. The van der Waals surface area contributed by atoms with E-state index >= 15 is 0 Å². The summed E-state index contributed by atoms with van der Waals surface area (Å²) in [6, 6.07) is 0. The molecule has 0 aromatic heterocycles. The van der Waals surface area contributed by atoms with Crippen molar-refractivity contribution in [1.29, 1.82) is 5.41 Å². The monoisotopic (exact) mass is 167 g/mol. The van der Waals surface area contributed by atoms with E-state index in [2.05, 4.69) is 0 Å². The second kappa shape index (κ2) is 2.69. The Hall–Kier alpha value is -1.78. The van der Waals surface area contributed by atoms with Crippen molar-refractivity contribution >= 4 is 23.2 Å². The predicted octanol–water partition coefficient (Wildman–Crippen LogP) is -0.585. The average Bonchev–Trinajstić information content (AvgIpc) is 1.97. The van der Waals surface area contributed by atoms with Crippen LogP contribution in [0.4, 0.5) is 0 Å². The minimum Gasteiger partial charge on any atom is -0.480 e. The highest BCUT2D eigenvalue weighted by Crippen LogP contribution is 2.09. The molecule has 1 rings (SSSR count). The van der Waals surface area contributed by atoms with Crippen LogP contribution in [-0.4, -0.2) is 28.4 Å². The molecule has 1 aliphatic rings. The van der Waals surface area contributed by atoms with Crippen molar-refractivity contribution < 1.29 is 19.5 Å². The summed E-state index contributed by atoms with van der Waals surface area (Å²) in [7, 11) is 0. The third-order valence-electron chi connectivity index (χ3n) is 1.48. The maximum absolute atomic E-state index is 10.8. The van der Waals surface area contributed by atoms with Crippen molar-refractivity contribution in [3.63, 3.8) is 0 Å². The molecule has 0 amide bonds. The zero-order valence-corrected chi connectivity index (χ0v) is 5.90. The molecule has 0 heterocycles. The Bertz CT molecular complexity index is 315. The summed E-state index contributed by atoms with van der Waals surface area (Å²) in [5.74, 6) is -4.51. The number of carboxylic acids is 1. The Morgan fingerprint density at radius 2 is 2.00 bits per heavy atom. The van der Waals surface area contributed by atoms with Crippen LogP contribution in [0.2, 0.25) is 0 Å². The molecule has 12 heavy (non-hydrogen) atoms. The molecule has 0 aromatic rings. The van der Waals surface area contributed by atoms with E-state index in [0.717, 1.165) is 12.2 Å². The fraction of sp³-hybridized carbons (Fsp3) is 0.143. The topological polar surface area (TPSA) is 95.3 Å². The van der Waals surface area contributed by atoms with E-state index in [0.29, 0.717) is 0 Å². The van der Waals surface area contributed by atoms with E-state index in [9.17, 15) is 14.4 Å². The molecular formula is C7H5NO4. The van der Waals surface area contributed by atoms with Crippen LogP contribution in [0.5, 0.6) is 0 Å². The highest BCUT2D eigenvalue weighted by atomic mass is 16.4. The van der Waals surface area contributed by atoms with E-state index in [1.54, 1.807) is 0 Å². The Morgan fingerprint density at radius 3 is 2.42 bits per heavy atom. The van der Waals surface area contributed by atoms with Gasteiger partial charge >= 0.3 is 5.97 Å². The number of hydrogen-bond donors (Lipinski definition) is 2. The Labute approximate surface area is 67.2 Å². The van der Waals surface area contributed by atoms with Crippen molar-refractivity contribution in [2.75, 3.05) is 0 Å². The summed E-state index contributed by atoms with van der Waals surface area (Å²) >= 11 is 0. The molecule has 0 radical (unpaired) electrons. The molecule has 0 bridgehead atoms. The molecule has 62 valence electrons. The van der Waals surface area contributed by atoms with Gasteiger partial charge in [-0.05, 0) is 12.2 Å². The number of carbonyl (C=O) groups excluding carboxylic acids is 2. The summed E-state index contributed by atoms with van der Waals surface area (Å²) < 4.78 is 0. The summed E-state index contributed by atoms with van der Waals surface area (Å²) in [4.78, 5) is 31.9. The SMILES string of the molecule is N=C1C(=O)C=CC(=O)C1C(=O)O. The molecule has 1 aliphatic carbocycles. The molecule has 0 fully saturated rings. The van der Waals surface area contributed by atoms with Gasteiger partial charge in [0.05, 0.1) is 0 Å². The van der Waals surface area contributed by atoms with Gasteiger partial charge in [-0.15, -0.1) is 0 Å². The molecule has 1 atom stereocenters. The summed E-state index contributed by atoms with van der Waals surface area (Å²) in [6.45, 7) is 0. The van der Waals surface area contributed by atoms with Crippen LogP contribution in [0.15, 0.2) is 12.2 Å². The van der Waals surface area contributed by atoms with Gasteiger partial charge in [0.15, 0.2) is 11.7 Å². The number of ketones is 2. The normalized spacial score (nSPS) is 23.0. The number of hydrogen-bond acceptors (Lipinski definition) is 4. The minimum absolute atomic E-state index is 0.671. The van der Waals surface area contributed by atoms with Crippen LogP contribution in [0, 0.1) is 11.3 Å². The predicted molar refractivity (Wildman–Crippen MR) is 38.0 cm³/mol. The van der Waals surface area contributed by atoms with Crippen LogP contribution in [0.25, 0.3) is 0 Å². The lowest BCUT2D eigenvalue weighted by Crippen LogP contribution is -2.37. The fourth-order valence-electron chi connectivity index (χ4n) is 0.874. The summed E-state index contributed by atoms with van der Waals surface area (Å²) in [5.41, 5.74) is -0.671. The Kier molecular flexibility index (Phi) is 1.86. The van der Waals surface area contributed by atoms with E-state index in [1.165, 1.54) is 0 Å². The highest BCUT2D eigenvalue weighted by molar-refractivity contribution is 6.53. The van der Waals surface area contributed by atoms with Crippen molar-refractivity contribution in [2.24, 2.45) is 5.92 Å². The van der Waals surface area contributed by atoms with Crippen molar-refractivity contribution in [1.82, 2.24) is 0 Å². The van der Waals surface area contributed by atoms with Crippen LogP contribution >= 0.6 is 0 Å². The smallest absolute Gasteiger partial charge is 0.320 e. The van der Waals surface area contributed by atoms with Gasteiger partial charge in [-0.2, -0.15) is 0 Å². The standard InChI is InChI=1S/C7H5NO4/c8-6-4(10)2-1-3(9)5(6)7(11)12/h1-2,5,8H,(H,11,12). The van der Waals surface area contributed by atoms with Crippen LogP contribution in [0.3, 0.4) is 0 Å². The van der Waals surface area contributed by atoms with Crippen molar-refractivity contribution in [3.8, 4) is 0 Å². The zero-order chi connectivity index (χ0) is 9.30. The second-order valence-electron chi connectivity index (χ2n) is 2.28. The van der Waals surface area contributed by atoms with E-state index in [-0.39, 0.29) is 0 Å². The lowest BCUT2D eigenvalue weighted by molar-refractivity contribution is -0.142. The maximum atomic E-state index is 10.8. The Morgan fingerprint density at radius 1 is 1.42 bits per heavy atom. The van der Waals surface area contributed by atoms with Gasteiger partial charge in [0.2, 0.25) is 5.78 Å². The summed E-state index contributed by atoms with van der Waals surface area (Å²) in [5, 5.41) is 15.5. The van der Waals surface area contributed by atoms with E-state index in [4.69, 9.17) is 10.5 Å². The third kappa shape index (κ3) is 1.16. The first-order chi connectivity index (χ1) is 5.54. The Balaban J connectivity index is 3.09. The average molecular weight is 167 g/mol. The highest BCUT2D eigenvalue weighted by Gasteiger charge is 2.35. The van der Waals surface area contributed by atoms with E-state index < -0.39 is 29.2 Å². The van der Waals surface area contributed by atoms with Gasteiger partial charge in [-0.1, -0.05) is 0 Å². The van der Waals surface area contributed by atoms with Crippen LogP contribution in [0.1, 0.15) is 0 Å². The quantitative estimate of drug-likeness (QED) is 0.510. The van der Waals surface area contributed by atoms with Gasteiger partial charge < -0.3 is 5.11 Å². The van der Waals surface area contributed by atoms with Gasteiger partial charge in [0.1, 0.15) is 5.71 Å². The molecule has 2 N–H and O–H groups in total. The number of aliphatic carboxylic acids is 1. The molecule has 1 unspecified atom stereocenters. The molecule has 5 nitrogen and oxygen atoms in total. The van der Waals surface area contributed by atoms with Crippen LogP contribution in [-0.2, 0) is 14.4 Å². The van der Waals surface area contributed by atoms with Gasteiger partial charge in [-0.3, -0.25) is 19.8 Å². The first kappa shape index (κ1) is 8.32. The molecule has 0 saturated heterocycles. The molecular weight excluding hydrogens is 162 g/mol. The van der Waals surface area contributed by atoms with Crippen molar-refractivity contribution in [3.05, 3.63) is 12.2 Å². The first-order valence-corrected chi connectivity index (χ1v) is 3.11. The third-order valence-corrected chi connectivity index (χ3v) is 1.48. The lowest BCUT2D eigenvalue weighted by Gasteiger charge is -2.11. The molecule has 0 aliphatic heterocycles. The fourth-order valence-corrected chi connectivity index (χ4v) is 0.874. The molecule has 0 spiro atoms. The number of carboxylic acid groups (broad SMARTS) is 1. The number of nitrogens with one attached hydrogen (secondary N) is 1. The second-order valence-corrected chi connectivity index (χ2v) is 2.28. The van der Waals surface area contributed by atoms with Gasteiger partial charge in [-0.25, -0.2) is 0 Å². The number of carbonyl (C=O) groups is 3. The van der Waals surface area contributed by atoms with Crippen molar-refractivity contribution in [2.45, 2.75) is 0 Å². The minimum atomic E-state index is -1.61. The lowest BCUT2D eigenvalue weighted by atomic mass is 9.90. The first-order valence-electron chi connectivity index (χ1n) is 3.11.